The van der Waals surface area contributed by atoms with Crippen LogP contribution in [0.4, 0.5) is 0 Å². The van der Waals surface area contributed by atoms with Crippen molar-refractivity contribution in [2.75, 3.05) is 5.75 Å². The van der Waals surface area contributed by atoms with Crippen molar-refractivity contribution in [1.82, 2.24) is 26.1 Å². The Morgan fingerprint density at radius 1 is 1.16 bits per heavy atom. The van der Waals surface area contributed by atoms with Crippen molar-refractivity contribution in [1.29, 1.82) is 0 Å². The summed E-state index contributed by atoms with van der Waals surface area (Å²) in [5.74, 6) is 0.340. The van der Waals surface area contributed by atoms with Crippen molar-refractivity contribution in [2.45, 2.75) is 45.1 Å². The number of nitrogens with zero attached hydrogens (tertiary/aromatic N) is 3. The van der Waals surface area contributed by atoms with Crippen LogP contribution >= 0.6 is 11.8 Å². The molecule has 0 saturated carbocycles. The van der Waals surface area contributed by atoms with Crippen LogP contribution in [-0.2, 0) is 11.3 Å². The van der Waals surface area contributed by atoms with Gasteiger partial charge in [0.05, 0.1) is 17.8 Å². The second-order valence-corrected chi connectivity index (χ2v) is 9.40. The van der Waals surface area contributed by atoms with Gasteiger partial charge < -0.3 is 15.2 Å². The molecule has 166 valence electrons. The van der Waals surface area contributed by atoms with Crippen LogP contribution in [0, 0.1) is 13.8 Å². The number of carbonyl (C=O) groups is 1. The van der Waals surface area contributed by atoms with Gasteiger partial charge in [0.25, 0.3) is 0 Å². The van der Waals surface area contributed by atoms with E-state index in [1.807, 2.05) is 36.5 Å². The molecule has 3 heterocycles. The summed E-state index contributed by atoms with van der Waals surface area (Å²) in [5.41, 5.74) is 11.9. The highest BCUT2D eigenvalue weighted by Crippen LogP contribution is 2.35. The van der Waals surface area contributed by atoms with Gasteiger partial charge in [-0.3, -0.25) is 10.2 Å². The normalized spacial score (nSPS) is 23.4. The minimum absolute atomic E-state index is 0.00459. The minimum atomic E-state index is 0.00459. The minimum Gasteiger partial charge on any atom is -0.351 e. The number of hydrazone groups is 1. The maximum Gasteiger partial charge on any atom is 0.230 e. The number of aryl methyl sites for hydroxylation is 2. The third kappa shape index (κ3) is 4.20. The van der Waals surface area contributed by atoms with E-state index in [0.29, 0.717) is 12.3 Å². The van der Waals surface area contributed by atoms with E-state index in [0.717, 1.165) is 17.2 Å². The molecule has 1 fully saturated rings. The number of hydrogen-bond donors (Lipinski definition) is 3. The summed E-state index contributed by atoms with van der Waals surface area (Å²) in [6, 6.07) is 17.1. The van der Waals surface area contributed by atoms with E-state index in [4.69, 9.17) is 0 Å². The van der Waals surface area contributed by atoms with Gasteiger partial charge >= 0.3 is 0 Å². The van der Waals surface area contributed by atoms with Gasteiger partial charge in [-0.05, 0) is 42.5 Å². The lowest BCUT2D eigenvalue weighted by Crippen LogP contribution is -2.54. The lowest BCUT2D eigenvalue weighted by molar-refractivity contribution is -0.118. The molecule has 1 saturated heterocycles. The molecule has 0 spiro atoms. The van der Waals surface area contributed by atoms with E-state index in [2.05, 4.69) is 69.4 Å². The molecule has 3 unspecified atom stereocenters. The summed E-state index contributed by atoms with van der Waals surface area (Å²) in [7, 11) is 0. The van der Waals surface area contributed by atoms with Gasteiger partial charge in [-0.2, -0.15) is 5.10 Å². The van der Waals surface area contributed by atoms with Crippen molar-refractivity contribution >= 4 is 22.8 Å². The zero-order chi connectivity index (χ0) is 22.1. The molecule has 1 amide bonds. The van der Waals surface area contributed by atoms with E-state index in [-0.39, 0.29) is 24.2 Å². The standard InChI is InChI=1S/C24H28N6OS/c1-16-8-9-19(12-17(16)2)20-13-21-23-26-27-24(29(23)10-11-30(21)28-20)32-15-22(31)25-14-18-6-4-3-5-7-18/h3-12,20-21,23,26,28H,13-15H2,1-2H3,(H,25,31). The molecule has 0 bridgehead atoms. The fourth-order valence-corrected chi connectivity index (χ4v) is 5.13. The largest absolute Gasteiger partial charge is 0.351 e. The van der Waals surface area contributed by atoms with Gasteiger partial charge in [0.2, 0.25) is 5.91 Å². The Morgan fingerprint density at radius 3 is 2.81 bits per heavy atom. The summed E-state index contributed by atoms with van der Waals surface area (Å²) < 4.78 is 0. The van der Waals surface area contributed by atoms with Crippen molar-refractivity contribution in [3.8, 4) is 0 Å². The number of nitrogens with one attached hydrogen (secondary N) is 3. The average Bonchev–Trinajstić information content (AvgIpc) is 3.42. The highest BCUT2D eigenvalue weighted by molar-refractivity contribution is 8.14. The third-order valence-electron chi connectivity index (χ3n) is 6.30. The van der Waals surface area contributed by atoms with Crippen LogP contribution in [0.3, 0.4) is 0 Å². The van der Waals surface area contributed by atoms with Crippen LogP contribution < -0.4 is 16.2 Å². The van der Waals surface area contributed by atoms with Crippen LogP contribution in [0.5, 0.6) is 0 Å². The second kappa shape index (κ2) is 8.88. The molecule has 0 aliphatic carbocycles. The predicted molar refractivity (Wildman–Crippen MR) is 128 cm³/mol. The fraction of sp³-hybridized carbons (Fsp3) is 0.333. The van der Waals surface area contributed by atoms with E-state index in [1.165, 1.54) is 28.5 Å². The van der Waals surface area contributed by atoms with E-state index >= 15 is 0 Å². The molecular formula is C24H28N6OS. The first-order valence-electron chi connectivity index (χ1n) is 10.9. The monoisotopic (exact) mass is 448 g/mol. The Labute approximate surface area is 192 Å². The zero-order valence-corrected chi connectivity index (χ0v) is 19.1. The first kappa shape index (κ1) is 20.9. The van der Waals surface area contributed by atoms with Crippen molar-refractivity contribution in [3.63, 3.8) is 0 Å². The topological polar surface area (TPSA) is 72.0 Å². The molecule has 0 radical (unpaired) electrons. The fourth-order valence-electron chi connectivity index (χ4n) is 4.33. The lowest BCUT2D eigenvalue weighted by Gasteiger charge is -2.36. The number of fused-ring (bicyclic) bond motifs is 3. The van der Waals surface area contributed by atoms with Crippen molar-refractivity contribution in [3.05, 3.63) is 83.2 Å². The summed E-state index contributed by atoms with van der Waals surface area (Å²) in [5, 5.41) is 10.5. The predicted octanol–water partition coefficient (Wildman–Crippen LogP) is 2.96. The van der Waals surface area contributed by atoms with Gasteiger partial charge in [-0.25, -0.2) is 5.43 Å². The summed E-state index contributed by atoms with van der Waals surface area (Å²) in [4.78, 5) is 14.4. The molecule has 3 atom stereocenters. The number of amides is 1. The summed E-state index contributed by atoms with van der Waals surface area (Å²) in [6.07, 6.45) is 5.14. The van der Waals surface area contributed by atoms with E-state index in [1.54, 1.807) is 0 Å². The molecule has 3 N–H and O–H groups in total. The Bertz CT molecular complexity index is 1060. The quantitative estimate of drug-likeness (QED) is 0.653. The smallest absolute Gasteiger partial charge is 0.230 e. The van der Waals surface area contributed by atoms with Gasteiger partial charge in [-0.1, -0.05) is 60.3 Å². The number of rotatable bonds is 5. The number of carbonyl (C=O) groups excluding carboxylic acids is 1. The Hall–Kier alpha value is -2.97. The highest BCUT2D eigenvalue weighted by Gasteiger charge is 2.44. The van der Waals surface area contributed by atoms with Crippen LogP contribution in [0.15, 0.2) is 66.0 Å². The molecule has 5 rings (SSSR count). The maximum atomic E-state index is 12.3. The molecule has 2 aromatic rings. The summed E-state index contributed by atoms with van der Waals surface area (Å²) in [6.45, 7) is 4.85. The molecular weight excluding hydrogens is 420 g/mol. The van der Waals surface area contributed by atoms with Crippen LogP contribution in [0.1, 0.15) is 34.7 Å². The van der Waals surface area contributed by atoms with Gasteiger partial charge in [0, 0.05) is 18.9 Å². The molecule has 3 aliphatic rings. The van der Waals surface area contributed by atoms with Crippen LogP contribution in [-0.4, -0.2) is 38.9 Å². The number of amidine groups is 1. The average molecular weight is 449 g/mol. The Kier molecular flexibility index (Phi) is 5.80. The SMILES string of the molecule is Cc1ccc(C2CC3C4NN=C(SCC(=O)NCc5ccccc5)N4C=CN3N2)cc1C. The first-order chi connectivity index (χ1) is 15.6. The Balaban J connectivity index is 1.16. The molecule has 7 nitrogen and oxygen atoms in total. The number of benzene rings is 2. The number of thioether (sulfide) groups is 1. The van der Waals surface area contributed by atoms with E-state index < -0.39 is 0 Å². The molecule has 2 aromatic carbocycles. The molecule has 32 heavy (non-hydrogen) atoms. The zero-order valence-electron chi connectivity index (χ0n) is 18.3. The van der Waals surface area contributed by atoms with Gasteiger partial charge in [0.1, 0.15) is 6.17 Å². The van der Waals surface area contributed by atoms with Crippen LogP contribution in [0.2, 0.25) is 0 Å². The number of hydrazine groups is 1. The van der Waals surface area contributed by atoms with Crippen LogP contribution in [0.25, 0.3) is 0 Å². The van der Waals surface area contributed by atoms with E-state index in [9.17, 15) is 4.79 Å². The summed E-state index contributed by atoms with van der Waals surface area (Å²) >= 11 is 1.46. The third-order valence-corrected chi connectivity index (χ3v) is 7.27. The van der Waals surface area contributed by atoms with Gasteiger partial charge in [0.15, 0.2) is 5.17 Å². The van der Waals surface area contributed by atoms with Crippen molar-refractivity contribution < 1.29 is 4.79 Å². The lowest BCUT2D eigenvalue weighted by atomic mass is 9.97. The molecule has 8 heteroatoms. The maximum absolute atomic E-state index is 12.3. The van der Waals surface area contributed by atoms with Crippen molar-refractivity contribution in [2.24, 2.45) is 5.10 Å². The molecule has 3 aliphatic heterocycles. The highest BCUT2D eigenvalue weighted by atomic mass is 32.2. The van der Waals surface area contributed by atoms with Gasteiger partial charge in [-0.15, -0.1) is 0 Å². The first-order valence-corrected chi connectivity index (χ1v) is 11.9. The number of hydrogen-bond acceptors (Lipinski definition) is 7. The second-order valence-electron chi connectivity index (χ2n) is 8.46. The molecule has 0 aromatic heterocycles. The Morgan fingerprint density at radius 2 is 2.00 bits per heavy atom.